The van der Waals surface area contributed by atoms with Gasteiger partial charge in [0, 0.05) is 28.6 Å². The predicted molar refractivity (Wildman–Crippen MR) is 125 cm³/mol. The fourth-order valence-corrected chi connectivity index (χ4v) is 5.77. The summed E-state index contributed by atoms with van der Waals surface area (Å²) in [5, 5.41) is 24.1. The molecule has 1 aromatic carbocycles. The number of nitrogens with two attached hydrogens (primary N) is 1. The molecular weight excluding hydrogens is 472 g/mol. The van der Waals surface area contributed by atoms with E-state index in [-0.39, 0.29) is 12.1 Å². The van der Waals surface area contributed by atoms with Crippen molar-refractivity contribution in [3.63, 3.8) is 0 Å². The topological polar surface area (TPSA) is 106 Å². The lowest BCUT2D eigenvalue weighted by Gasteiger charge is -2.26. The number of anilines is 1. The summed E-state index contributed by atoms with van der Waals surface area (Å²) >= 11 is 3.42. The molecule has 5 atom stereocenters. The number of aliphatic hydroxyl groups is 2. The van der Waals surface area contributed by atoms with Crippen LogP contribution in [0.25, 0.3) is 21.9 Å². The Kier molecular flexibility index (Phi) is 4.55. The van der Waals surface area contributed by atoms with Gasteiger partial charge >= 0.3 is 0 Å². The van der Waals surface area contributed by atoms with Gasteiger partial charge in [0.2, 0.25) is 0 Å². The largest absolute Gasteiger partial charge is 0.390 e. The highest BCUT2D eigenvalue weighted by Crippen LogP contribution is 2.54. The van der Waals surface area contributed by atoms with E-state index in [1.807, 2.05) is 53.2 Å². The molecule has 1 saturated heterocycles. The minimum atomic E-state index is -0.884. The van der Waals surface area contributed by atoms with Gasteiger partial charge in [-0.05, 0) is 64.7 Å². The van der Waals surface area contributed by atoms with Gasteiger partial charge in [0.15, 0.2) is 0 Å². The van der Waals surface area contributed by atoms with E-state index in [2.05, 4.69) is 25.9 Å². The van der Waals surface area contributed by atoms with Crippen LogP contribution in [0, 0.1) is 5.41 Å². The smallest absolute Gasteiger partial charge is 0.140 e. The fourth-order valence-electron chi connectivity index (χ4n) is 5.44. The van der Waals surface area contributed by atoms with Crippen LogP contribution in [0.4, 0.5) is 5.82 Å². The molecule has 4 aromatic rings. The minimum absolute atomic E-state index is 0.175. The number of hydrogen-bond donors (Lipinski definition) is 3. The summed E-state index contributed by atoms with van der Waals surface area (Å²) in [6.07, 6.45) is 3.02. The van der Waals surface area contributed by atoms with E-state index in [4.69, 9.17) is 10.5 Å². The molecule has 3 aromatic heterocycles. The number of nitrogen functional groups attached to an aromatic ring is 1. The molecule has 1 spiro atoms. The van der Waals surface area contributed by atoms with Crippen molar-refractivity contribution in [1.29, 1.82) is 0 Å². The number of ether oxygens (including phenoxy) is 1. The number of pyridine rings is 2. The van der Waals surface area contributed by atoms with Crippen molar-refractivity contribution >= 4 is 43.7 Å². The van der Waals surface area contributed by atoms with E-state index < -0.39 is 17.6 Å². The first-order valence-electron chi connectivity index (χ1n) is 10.7. The molecule has 164 valence electrons. The second kappa shape index (κ2) is 7.25. The SMILES string of the molecule is Nc1nc2cc([C@H]3C[C@@]4(CO3)C[C@@H](n3ccc5cccnc53)[C@H](O)[C@@H]4O)ccc2cc1Br. The zero-order valence-electron chi connectivity index (χ0n) is 17.2. The van der Waals surface area contributed by atoms with Crippen molar-refractivity contribution in [2.24, 2.45) is 5.41 Å². The molecule has 1 saturated carbocycles. The maximum absolute atomic E-state index is 11.1. The average Bonchev–Trinajstić information content (AvgIpc) is 3.48. The molecule has 2 fully saturated rings. The molecule has 0 bridgehead atoms. The van der Waals surface area contributed by atoms with Gasteiger partial charge in [-0.2, -0.15) is 0 Å². The summed E-state index contributed by atoms with van der Waals surface area (Å²) in [6, 6.07) is 13.6. The maximum atomic E-state index is 11.1. The molecule has 4 N–H and O–H groups in total. The number of fused-ring (bicyclic) bond motifs is 2. The van der Waals surface area contributed by atoms with Crippen LogP contribution in [0.3, 0.4) is 0 Å². The van der Waals surface area contributed by atoms with E-state index in [0.717, 1.165) is 32.0 Å². The van der Waals surface area contributed by atoms with Crippen molar-refractivity contribution in [3.8, 4) is 0 Å². The monoisotopic (exact) mass is 494 g/mol. The average molecular weight is 495 g/mol. The summed E-state index contributed by atoms with van der Waals surface area (Å²) in [6.45, 7) is 0.396. The van der Waals surface area contributed by atoms with Crippen LogP contribution in [-0.2, 0) is 4.74 Å². The number of halogens is 1. The predicted octanol–water partition coefficient (Wildman–Crippen LogP) is 3.74. The molecule has 4 heterocycles. The van der Waals surface area contributed by atoms with Gasteiger partial charge in [0.1, 0.15) is 17.6 Å². The minimum Gasteiger partial charge on any atom is -0.390 e. The number of aliphatic hydroxyl groups excluding tert-OH is 2. The molecule has 1 aliphatic carbocycles. The molecular formula is C24H23BrN4O3. The first-order valence-corrected chi connectivity index (χ1v) is 11.5. The first kappa shape index (κ1) is 20.1. The molecule has 7 nitrogen and oxygen atoms in total. The van der Waals surface area contributed by atoms with Crippen LogP contribution in [-0.4, -0.2) is 43.6 Å². The third-order valence-electron chi connectivity index (χ3n) is 7.15. The molecule has 8 heteroatoms. The van der Waals surface area contributed by atoms with E-state index in [0.29, 0.717) is 25.3 Å². The molecule has 6 rings (SSSR count). The normalized spacial score (nSPS) is 30.1. The summed E-state index contributed by atoms with van der Waals surface area (Å²) in [5.74, 6) is 0.447. The molecule has 0 radical (unpaired) electrons. The van der Waals surface area contributed by atoms with Crippen molar-refractivity contribution < 1.29 is 14.9 Å². The van der Waals surface area contributed by atoms with Crippen molar-refractivity contribution in [3.05, 3.63) is 64.9 Å². The van der Waals surface area contributed by atoms with E-state index >= 15 is 0 Å². The number of nitrogens with zero attached hydrogens (tertiary/aromatic N) is 3. The zero-order chi connectivity index (χ0) is 22.0. The van der Waals surface area contributed by atoms with E-state index in [1.54, 1.807) is 6.20 Å². The molecule has 0 amide bonds. The van der Waals surface area contributed by atoms with Crippen LogP contribution >= 0.6 is 15.9 Å². The number of rotatable bonds is 2. The number of hydrogen-bond acceptors (Lipinski definition) is 6. The summed E-state index contributed by atoms with van der Waals surface area (Å²) in [4.78, 5) is 8.96. The van der Waals surface area contributed by atoms with E-state index in [1.165, 1.54) is 0 Å². The van der Waals surface area contributed by atoms with Gasteiger partial charge in [0.05, 0.1) is 34.8 Å². The quantitative estimate of drug-likeness (QED) is 0.391. The fraction of sp³-hybridized carbons (Fsp3) is 0.333. The number of benzene rings is 1. The standard InChI is InChI=1S/C24H23BrN4O3/c25-16-8-14-3-4-15(9-17(14)28-22(16)26)19-11-24(12-32-19)10-18(20(30)21(24)31)29-7-5-13-2-1-6-27-23(13)29/h1-9,18-21,30-31H,10-12H2,(H2,26,28)/t18-,19-,20+,21+,24-/m1/s1. The summed E-state index contributed by atoms with van der Waals surface area (Å²) in [5.41, 5.74) is 8.08. The zero-order valence-corrected chi connectivity index (χ0v) is 18.8. The lowest BCUT2D eigenvalue weighted by atomic mass is 9.80. The molecule has 0 unspecified atom stereocenters. The Morgan fingerprint density at radius 1 is 1.12 bits per heavy atom. The summed E-state index contributed by atoms with van der Waals surface area (Å²) < 4.78 is 8.95. The van der Waals surface area contributed by atoms with Crippen LogP contribution in [0.2, 0.25) is 0 Å². The second-order valence-electron chi connectivity index (χ2n) is 9.02. The van der Waals surface area contributed by atoms with E-state index in [9.17, 15) is 10.2 Å². The van der Waals surface area contributed by atoms with Gasteiger partial charge in [0.25, 0.3) is 0 Å². The second-order valence-corrected chi connectivity index (χ2v) is 9.87. The lowest BCUT2D eigenvalue weighted by molar-refractivity contribution is -0.0309. The Morgan fingerprint density at radius 2 is 2.00 bits per heavy atom. The van der Waals surface area contributed by atoms with Crippen LogP contribution < -0.4 is 5.73 Å². The Bertz CT molecular complexity index is 1340. The van der Waals surface area contributed by atoms with Gasteiger partial charge in [-0.25, -0.2) is 9.97 Å². The van der Waals surface area contributed by atoms with Crippen molar-refractivity contribution in [2.75, 3.05) is 12.3 Å². The van der Waals surface area contributed by atoms with Crippen LogP contribution in [0.1, 0.15) is 30.6 Å². The summed E-state index contributed by atoms with van der Waals surface area (Å²) in [7, 11) is 0. The van der Waals surface area contributed by atoms with Gasteiger partial charge in [-0.15, -0.1) is 0 Å². The number of aromatic nitrogens is 3. The highest BCUT2D eigenvalue weighted by atomic mass is 79.9. The molecule has 2 aliphatic rings. The Morgan fingerprint density at radius 3 is 2.88 bits per heavy atom. The van der Waals surface area contributed by atoms with Crippen LogP contribution in [0.15, 0.2) is 59.3 Å². The first-order chi connectivity index (χ1) is 15.4. The Labute approximate surface area is 193 Å². The van der Waals surface area contributed by atoms with Gasteiger partial charge < -0.3 is 25.3 Å². The highest BCUT2D eigenvalue weighted by Gasteiger charge is 2.57. The third kappa shape index (κ3) is 2.97. The Hall–Kier alpha value is -2.52. The molecule has 32 heavy (non-hydrogen) atoms. The van der Waals surface area contributed by atoms with Crippen molar-refractivity contribution in [2.45, 2.75) is 37.2 Å². The van der Waals surface area contributed by atoms with Gasteiger partial charge in [-0.1, -0.05) is 12.1 Å². The lowest BCUT2D eigenvalue weighted by Crippen LogP contribution is -2.37. The molecule has 1 aliphatic heterocycles. The van der Waals surface area contributed by atoms with Crippen LogP contribution in [0.5, 0.6) is 0 Å². The highest BCUT2D eigenvalue weighted by molar-refractivity contribution is 9.10. The Balaban J connectivity index is 1.30. The third-order valence-corrected chi connectivity index (χ3v) is 7.79. The van der Waals surface area contributed by atoms with Gasteiger partial charge in [-0.3, -0.25) is 0 Å². The maximum Gasteiger partial charge on any atom is 0.140 e. The van der Waals surface area contributed by atoms with Crippen molar-refractivity contribution in [1.82, 2.24) is 14.5 Å².